The number of para-hydroxylation sites is 2. The lowest BCUT2D eigenvalue weighted by molar-refractivity contribution is -0.125. The predicted octanol–water partition coefficient (Wildman–Crippen LogP) is 4.37. The first kappa shape index (κ1) is 19.0. The fourth-order valence-electron chi connectivity index (χ4n) is 2.93. The van der Waals surface area contributed by atoms with Crippen molar-refractivity contribution in [1.29, 1.82) is 0 Å². The van der Waals surface area contributed by atoms with Gasteiger partial charge in [-0.15, -0.1) is 11.3 Å². The van der Waals surface area contributed by atoms with E-state index in [0.717, 1.165) is 10.4 Å². The lowest BCUT2D eigenvalue weighted by Gasteiger charge is -2.25. The van der Waals surface area contributed by atoms with E-state index in [1.807, 2.05) is 42.5 Å². The van der Waals surface area contributed by atoms with E-state index in [0.29, 0.717) is 22.1 Å². The Bertz CT molecular complexity index is 1030. The zero-order valence-corrected chi connectivity index (χ0v) is 16.5. The third-order valence-electron chi connectivity index (χ3n) is 4.32. The molecule has 0 bridgehead atoms. The van der Waals surface area contributed by atoms with Gasteiger partial charge in [0.05, 0.1) is 12.2 Å². The summed E-state index contributed by atoms with van der Waals surface area (Å²) in [7, 11) is 0. The molecule has 1 aliphatic rings. The van der Waals surface area contributed by atoms with Gasteiger partial charge in [0.2, 0.25) is 6.10 Å². The van der Waals surface area contributed by atoms with Crippen LogP contribution in [0.15, 0.2) is 60.7 Å². The molecule has 0 saturated heterocycles. The van der Waals surface area contributed by atoms with Crippen molar-refractivity contribution in [3.05, 3.63) is 66.2 Å². The summed E-state index contributed by atoms with van der Waals surface area (Å²) in [6.07, 6.45) is -0.817. The summed E-state index contributed by atoms with van der Waals surface area (Å²) in [5.74, 6) is 0.255. The molecule has 1 aromatic heterocycles. The van der Waals surface area contributed by atoms with Gasteiger partial charge in [0, 0.05) is 4.88 Å². The summed E-state index contributed by atoms with van der Waals surface area (Å²) in [5.41, 5.74) is 1.27. The standard InChI is InChI=1S/C22H19NO5S/c1-2-26-22(25)15-12-19(14-8-4-3-5-9-14)29-21(15)23-20(24)18-13-27-16-10-6-7-11-17(16)28-18/h3-12,18H,2,13H2,1H3,(H,23,24)/t18-/m0/s1. The Morgan fingerprint density at radius 2 is 1.83 bits per heavy atom. The number of thiophene rings is 1. The van der Waals surface area contributed by atoms with Gasteiger partial charge in [-0.3, -0.25) is 4.79 Å². The lowest BCUT2D eigenvalue weighted by Crippen LogP contribution is -2.40. The van der Waals surface area contributed by atoms with Gasteiger partial charge < -0.3 is 19.5 Å². The average molecular weight is 409 g/mol. The quantitative estimate of drug-likeness (QED) is 0.634. The molecule has 1 amide bonds. The largest absolute Gasteiger partial charge is 0.485 e. The molecule has 148 valence electrons. The number of hydrogen-bond acceptors (Lipinski definition) is 6. The van der Waals surface area contributed by atoms with Gasteiger partial charge in [0.25, 0.3) is 5.91 Å². The molecule has 4 rings (SSSR count). The van der Waals surface area contributed by atoms with Crippen LogP contribution in [0.3, 0.4) is 0 Å². The van der Waals surface area contributed by atoms with Crippen LogP contribution in [0.4, 0.5) is 5.00 Å². The van der Waals surface area contributed by atoms with Crippen LogP contribution < -0.4 is 14.8 Å². The normalized spacial score (nSPS) is 14.9. The van der Waals surface area contributed by atoms with Crippen LogP contribution >= 0.6 is 11.3 Å². The summed E-state index contributed by atoms with van der Waals surface area (Å²) < 4.78 is 16.5. The van der Waals surface area contributed by atoms with E-state index in [2.05, 4.69) is 5.32 Å². The van der Waals surface area contributed by atoms with Crippen LogP contribution in [0, 0.1) is 0 Å². The van der Waals surface area contributed by atoms with Crippen molar-refractivity contribution in [2.24, 2.45) is 0 Å². The van der Waals surface area contributed by atoms with E-state index < -0.39 is 12.1 Å². The van der Waals surface area contributed by atoms with E-state index in [-0.39, 0.29) is 19.1 Å². The van der Waals surface area contributed by atoms with E-state index in [4.69, 9.17) is 14.2 Å². The fraction of sp³-hybridized carbons (Fsp3) is 0.182. The molecule has 6 nitrogen and oxygen atoms in total. The summed E-state index contributed by atoms with van der Waals surface area (Å²) in [5, 5.41) is 3.24. The number of carbonyl (C=O) groups is 2. The molecule has 7 heteroatoms. The second-order valence-electron chi connectivity index (χ2n) is 6.29. The predicted molar refractivity (Wildman–Crippen MR) is 111 cm³/mol. The van der Waals surface area contributed by atoms with Gasteiger partial charge in [-0.25, -0.2) is 4.79 Å². The van der Waals surface area contributed by atoms with Crippen LogP contribution in [-0.4, -0.2) is 31.2 Å². The van der Waals surface area contributed by atoms with Crippen LogP contribution in [0.5, 0.6) is 11.5 Å². The molecule has 0 fully saturated rings. The van der Waals surface area contributed by atoms with Crippen molar-refractivity contribution < 1.29 is 23.8 Å². The molecular formula is C22H19NO5S. The molecule has 0 unspecified atom stereocenters. The monoisotopic (exact) mass is 409 g/mol. The zero-order valence-electron chi connectivity index (χ0n) is 15.7. The molecule has 29 heavy (non-hydrogen) atoms. The molecule has 0 aliphatic carbocycles. The SMILES string of the molecule is CCOC(=O)c1cc(-c2ccccc2)sc1NC(=O)[C@@H]1COc2ccccc2O1. The Kier molecular flexibility index (Phi) is 5.48. The molecular weight excluding hydrogens is 390 g/mol. The van der Waals surface area contributed by atoms with Crippen molar-refractivity contribution in [2.45, 2.75) is 13.0 Å². The van der Waals surface area contributed by atoms with Crippen LogP contribution in [-0.2, 0) is 9.53 Å². The van der Waals surface area contributed by atoms with Gasteiger partial charge in [0.1, 0.15) is 11.6 Å². The van der Waals surface area contributed by atoms with Crippen molar-refractivity contribution in [1.82, 2.24) is 0 Å². The molecule has 2 heterocycles. The highest BCUT2D eigenvalue weighted by Crippen LogP contribution is 2.37. The lowest BCUT2D eigenvalue weighted by atomic mass is 10.1. The third-order valence-corrected chi connectivity index (χ3v) is 5.42. The third kappa shape index (κ3) is 4.09. The van der Waals surface area contributed by atoms with E-state index in [1.54, 1.807) is 25.1 Å². The Morgan fingerprint density at radius 3 is 2.59 bits per heavy atom. The van der Waals surface area contributed by atoms with Crippen molar-refractivity contribution >= 4 is 28.2 Å². The highest BCUT2D eigenvalue weighted by molar-refractivity contribution is 7.20. The minimum atomic E-state index is -0.817. The molecule has 2 aromatic carbocycles. The van der Waals surface area contributed by atoms with E-state index in [1.165, 1.54) is 11.3 Å². The fourth-order valence-corrected chi connectivity index (χ4v) is 3.98. The number of esters is 1. The number of nitrogens with one attached hydrogen (secondary N) is 1. The number of benzene rings is 2. The number of fused-ring (bicyclic) bond motifs is 1. The highest BCUT2D eigenvalue weighted by Gasteiger charge is 2.29. The second kappa shape index (κ2) is 8.36. The Labute approximate surface area is 172 Å². The maximum Gasteiger partial charge on any atom is 0.341 e. The number of ether oxygens (including phenoxy) is 3. The first-order valence-corrected chi connectivity index (χ1v) is 10.0. The van der Waals surface area contributed by atoms with Gasteiger partial charge in [-0.1, -0.05) is 42.5 Å². The van der Waals surface area contributed by atoms with E-state index in [9.17, 15) is 9.59 Å². The molecule has 3 aromatic rings. The van der Waals surface area contributed by atoms with Crippen LogP contribution in [0.25, 0.3) is 10.4 Å². The topological polar surface area (TPSA) is 73.9 Å². The average Bonchev–Trinajstić information content (AvgIpc) is 3.18. The summed E-state index contributed by atoms with van der Waals surface area (Å²) in [6.45, 7) is 2.08. The smallest absolute Gasteiger partial charge is 0.341 e. The molecule has 0 radical (unpaired) electrons. The Balaban J connectivity index is 1.58. The van der Waals surface area contributed by atoms with Gasteiger partial charge in [-0.05, 0) is 30.7 Å². The minimum Gasteiger partial charge on any atom is -0.485 e. The molecule has 1 atom stereocenters. The minimum absolute atomic E-state index is 0.0918. The Morgan fingerprint density at radius 1 is 1.10 bits per heavy atom. The molecule has 1 aliphatic heterocycles. The van der Waals surface area contributed by atoms with Crippen molar-refractivity contribution in [3.63, 3.8) is 0 Å². The summed E-state index contributed by atoms with van der Waals surface area (Å²) in [6, 6.07) is 18.6. The maximum absolute atomic E-state index is 12.8. The summed E-state index contributed by atoms with van der Waals surface area (Å²) >= 11 is 1.32. The molecule has 1 N–H and O–H groups in total. The number of amides is 1. The van der Waals surface area contributed by atoms with Crippen molar-refractivity contribution in [2.75, 3.05) is 18.5 Å². The Hall–Kier alpha value is -3.32. The second-order valence-corrected chi connectivity index (χ2v) is 7.35. The first-order valence-electron chi connectivity index (χ1n) is 9.21. The zero-order chi connectivity index (χ0) is 20.2. The number of carbonyl (C=O) groups excluding carboxylic acids is 2. The van der Waals surface area contributed by atoms with Crippen LogP contribution in [0.1, 0.15) is 17.3 Å². The number of hydrogen-bond donors (Lipinski definition) is 1. The molecule has 0 spiro atoms. The van der Waals surface area contributed by atoms with E-state index >= 15 is 0 Å². The van der Waals surface area contributed by atoms with Gasteiger partial charge in [-0.2, -0.15) is 0 Å². The van der Waals surface area contributed by atoms with Gasteiger partial charge >= 0.3 is 5.97 Å². The first-order chi connectivity index (χ1) is 14.2. The van der Waals surface area contributed by atoms with Crippen molar-refractivity contribution in [3.8, 4) is 21.9 Å². The maximum atomic E-state index is 12.8. The number of rotatable bonds is 5. The van der Waals surface area contributed by atoms with Gasteiger partial charge in [0.15, 0.2) is 11.5 Å². The number of anilines is 1. The molecule has 0 saturated carbocycles. The van der Waals surface area contributed by atoms with Crippen LogP contribution in [0.2, 0.25) is 0 Å². The summed E-state index contributed by atoms with van der Waals surface area (Å²) in [4.78, 5) is 26.1. The highest BCUT2D eigenvalue weighted by atomic mass is 32.1.